The van der Waals surface area contributed by atoms with E-state index >= 15 is 0 Å². The molecule has 0 aromatic heterocycles. The predicted molar refractivity (Wildman–Crippen MR) is 44.8 cm³/mol. The lowest BCUT2D eigenvalue weighted by molar-refractivity contribution is 1.65. The largest absolute Gasteiger partial charge is 0.221 e. The first-order chi connectivity index (χ1) is 4.36. The first kappa shape index (κ1) is 5.56. The van der Waals surface area contributed by atoms with Crippen LogP contribution in [-0.2, 0) is 0 Å². The van der Waals surface area contributed by atoms with E-state index in [-0.39, 0.29) is 0 Å². The van der Waals surface area contributed by atoms with Crippen molar-refractivity contribution in [1.82, 2.24) is 0 Å². The van der Waals surface area contributed by atoms with Crippen LogP contribution in [0, 0.1) is 0 Å². The van der Waals surface area contributed by atoms with Gasteiger partial charge in [0.1, 0.15) is 0 Å². The van der Waals surface area contributed by atoms with Crippen LogP contribution in [-0.4, -0.2) is 28.0 Å². The molecule has 2 heterocycles. The molecule has 0 amide bonds. The third-order valence-corrected chi connectivity index (χ3v) is 2.41. The monoisotopic (exact) mass is 156 g/mol. The van der Waals surface area contributed by atoms with Crippen LogP contribution >= 0.6 is 24.0 Å². The number of hydrogen-bond donors (Lipinski definition) is 0. The lowest BCUT2D eigenvalue weighted by atomic mass is 10.3. The molecular formula is C5H4N2S2. The molecule has 2 nitrogen and oxygen atoms in total. The molecule has 0 atom stereocenters. The van der Waals surface area contributed by atoms with Crippen LogP contribution in [0.2, 0.25) is 0 Å². The molecule has 2 aliphatic heterocycles. The van der Waals surface area contributed by atoms with E-state index in [1.165, 1.54) is 0 Å². The number of nitrogens with zero attached hydrogens (tertiary/aromatic N) is 2. The minimum Gasteiger partial charge on any atom is -0.221 e. The zero-order valence-electron chi connectivity index (χ0n) is 4.63. The molecule has 1 saturated heterocycles. The quantitative estimate of drug-likeness (QED) is 0.487. The highest BCUT2D eigenvalue weighted by Crippen LogP contribution is 2.17. The summed E-state index contributed by atoms with van der Waals surface area (Å²) in [6.45, 7) is 0. The van der Waals surface area contributed by atoms with Crippen LogP contribution in [0.5, 0.6) is 0 Å². The maximum atomic E-state index is 4.79. The van der Waals surface area contributed by atoms with Gasteiger partial charge < -0.3 is 0 Å². The van der Waals surface area contributed by atoms with Gasteiger partial charge in [-0.2, -0.15) is 0 Å². The van der Waals surface area contributed by atoms with E-state index in [1.807, 2.05) is 11.8 Å². The highest BCUT2D eigenvalue weighted by molar-refractivity contribution is 8.01. The second-order valence-electron chi connectivity index (χ2n) is 1.89. The van der Waals surface area contributed by atoms with Crippen molar-refractivity contribution in [2.45, 2.75) is 0 Å². The molecule has 0 bridgehead atoms. The van der Waals surface area contributed by atoms with E-state index in [4.69, 9.17) is 12.2 Å². The standard InChI is InChI=1S/C5H4N2S2/c8-5-6-3-1-9-2-4(3)7-5/h1-2H2. The van der Waals surface area contributed by atoms with Gasteiger partial charge in [-0.3, -0.25) is 0 Å². The number of thiocarbonyl (C=S) groups is 1. The number of rotatable bonds is 0. The minimum atomic E-state index is 0.514. The fourth-order valence-corrected chi connectivity index (χ4v) is 2.03. The van der Waals surface area contributed by atoms with Crippen molar-refractivity contribution >= 4 is 40.5 Å². The molecule has 0 aromatic carbocycles. The Morgan fingerprint density at radius 1 is 1.22 bits per heavy atom. The first-order valence-electron chi connectivity index (χ1n) is 2.63. The van der Waals surface area contributed by atoms with Gasteiger partial charge in [0.2, 0.25) is 5.11 Å². The van der Waals surface area contributed by atoms with Crippen LogP contribution in [0.4, 0.5) is 0 Å². The van der Waals surface area contributed by atoms with Crippen molar-refractivity contribution < 1.29 is 0 Å². The fourth-order valence-electron chi connectivity index (χ4n) is 0.861. The van der Waals surface area contributed by atoms with E-state index in [2.05, 4.69) is 9.98 Å². The molecule has 0 unspecified atom stereocenters. The van der Waals surface area contributed by atoms with Crippen LogP contribution in [0.3, 0.4) is 0 Å². The summed E-state index contributed by atoms with van der Waals surface area (Å²) in [4.78, 5) is 8.15. The lowest BCUT2D eigenvalue weighted by Crippen LogP contribution is -2.04. The third kappa shape index (κ3) is 0.822. The Morgan fingerprint density at radius 2 is 1.78 bits per heavy atom. The van der Waals surface area contributed by atoms with Gasteiger partial charge >= 0.3 is 0 Å². The van der Waals surface area contributed by atoms with Crippen molar-refractivity contribution in [3.63, 3.8) is 0 Å². The van der Waals surface area contributed by atoms with E-state index < -0.39 is 0 Å². The second kappa shape index (κ2) is 1.88. The van der Waals surface area contributed by atoms with Crippen LogP contribution in [0.25, 0.3) is 0 Å². The summed E-state index contributed by atoms with van der Waals surface area (Å²) in [6, 6.07) is 0. The molecule has 0 aromatic rings. The normalized spacial score (nSPS) is 23.8. The third-order valence-electron chi connectivity index (χ3n) is 1.27. The Labute approximate surface area is 62.5 Å². The van der Waals surface area contributed by atoms with E-state index in [1.54, 1.807) is 0 Å². The molecule has 9 heavy (non-hydrogen) atoms. The summed E-state index contributed by atoms with van der Waals surface area (Å²) in [7, 11) is 0. The zero-order valence-corrected chi connectivity index (χ0v) is 6.26. The smallest absolute Gasteiger partial charge is 0.219 e. The fraction of sp³-hybridized carbons (Fsp3) is 0.400. The zero-order chi connectivity index (χ0) is 6.27. The lowest BCUT2D eigenvalue weighted by Gasteiger charge is -1.79. The number of aliphatic imine (C=N–C) groups is 2. The van der Waals surface area contributed by atoms with Gasteiger partial charge in [-0.25, -0.2) is 9.98 Å². The Balaban J connectivity index is 2.44. The van der Waals surface area contributed by atoms with Gasteiger partial charge in [0, 0.05) is 11.5 Å². The Hall–Kier alpha value is -0.220. The van der Waals surface area contributed by atoms with Crippen molar-refractivity contribution in [2.75, 3.05) is 11.5 Å². The maximum Gasteiger partial charge on any atom is 0.219 e. The van der Waals surface area contributed by atoms with Gasteiger partial charge in [-0.05, 0) is 12.2 Å². The number of fused-ring (bicyclic) bond motifs is 1. The highest BCUT2D eigenvalue weighted by Gasteiger charge is 2.22. The molecule has 2 rings (SSSR count). The van der Waals surface area contributed by atoms with Gasteiger partial charge in [0.05, 0.1) is 11.4 Å². The molecule has 0 spiro atoms. The highest BCUT2D eigenvalue weighted by atomic mass is 32.2. The topological polar surface area (TPSA) is 24.7 Å². The number of hydrogen-bond acceptors (Lipinski definition) is 2. The SMILES string of the molecule is S=C1N=C2CSCC2=N1. The summed E-state index contributed by atoms with van der Waals surface area (Å²) in [5, 5.41) is 0.514. The predicted octanol–water partition coefficient (Wildman–Crippen LogP) is 0.914. The van der Waals surface area contributed by atoms with Gasteiger partial charge in [-0.15, -0.1) is 11.8 Å². The molecule has 0 radical (unpaired) electrons. The molecule has 0 aliphatic carbocycles. The van der Waals surface area contributed by atoms with Crippen LogP contribution in [0.15, 0.2) is 9.98 Å². The van der Waals surface area contributed by atoms with E-state index in [9.17, 15) is 0 Å². The number of thioether (sulfide) groups is 1. The summed E-state index contributed by atoms with van der Waals surface area (Å²) >= 11 is 6.64. The molecule has 4 heteroatoms. The molecule has 1 fully saturated rings. The molecule has 46 valence electrons. The molecule has 0 saturated carbocycles. The molecular weight excluding hydrogens is 152 g/mol. The van der Waals surface area contributed by atoms with Gasteiger partial charge in [0.15, 0.2) is 0 Å². The summed E-state index contributed by atoms with van der Waals surface area (Å²) in [5.41, 5.74) is 2.20. The summed E-state index contributed by atoms with van der Waals surface area (Å²) in [6.07, 6.45) is 0. The Bertz CT molecular complexity index is 207. The average molecular weight is 156 g/mol. The average Bonchev–Trinajstić information content (AvgIpc) is 2.22. The van der Waals surface area contributed by atoms with Gasteiger partial charge in [0.25, 0.3) is 0 Å². The van der Waals surface area contributed by atoms with Crippen molar-refractivity contribution in [2.24, 2.45) is 9.98 Å². The molecule has 2 aliphatic rings. The second-order valence-corrected chi connectivity index (χ2v) is 3.24. The summed E-state index contributed by atoms with van der Waals surface area (Å²) in [5.74, 6) is 2.00. The van der Waals surface area contributed by atoms with Crippen molar-refractivity contribution in [3.8, 4) is 0 Å². The first-order valence-corrected chi connectivity index (χ1v) is 4.20. The van der Waals surface area contributed by atoms with Crippen molar-refractivity contribution in [3.05, 3.63) is 0 Å². The molecule has 0 N–H and O–H groups in total. The van der Waals surface area contributed by atoms with Gasteiger partial charge in [-0.1, -0.05) is 0 Å². The van der Waals surface area contributed by atoms with E-state index in [0.717, 1.165) is 22.9 Å². The maximum absolute atomic E-state index is 4.79. The van der Waals surface area contributed by atoms with Crippen LogP contribution in [0.1, 0.15) is 0 Å². The minimum absolute atomic E-state index is 0.514. The van der Waals surface area contributed by atoms with Crippen molar-refractivity contribution in [1.29, 1.82) is 0 Å². The Kier molecular flexibility index (Phi) is 1.16. The van der Waals surface area contributed by atoms with E-state index in [0.29, 0.717) is 5.11 Å². The Morgan fingerprint density at radius 3 is 2.33 bits per heavy atom. The van der Waals surface area contributed by atoms with Crippen LogP contribution < -0.4 is 0 Å². The summed E-state index contributed by atoms with van der Waals surface area (Å²) < 4.78 is 0.